The molecule has 0 spiro atoms. The Morgan fingerprint density at radius 1 is 0.404 bits per heavy atom. The smallest absolute Gasteiger partial charge is 0.0363 e. The van der Waals surface area contributed by atoms with Gasteiger partial charge in [-0.15, -0.1) is 0 Å². The number of pyridine rings is 1. The van der Waals surface area contributed by atoms with E-state index in [1.807, 2.05) is 12.4 Å². The van der Waals surface area contributed by atoms with Gasteiger partial charge < -0.3 is 0 Å². The highest BCUT2D eigenvalue weighted by Crippen LogP contribution is 2.44. The van der Waals surface area contributed by atoms with Crippen LogP contribution < -0.4 is 0 Å². The molecular weight excluding hydrogens is 634 g/mol. The van der Waals surface area contributed by atoms with Crippen LogP contribution in [0.2, 0.25) is 0 Å². The largest absolute Gasteiger partial charge is 0.263 e. The molecule has 0 N–H and O–H groups in total. The fraction of sp³-hybridized carbons (Fsp3) is 0.178. The second kappa shape index (κ2) is 9.75. The molecule has 47 heavy (non-hydrogen) atoms. The van der Waals surface area contributed by atoms with Crippen molar-refractivity contribution in [2.75, 3.05) is 0 Å². The molecule has 0 aliphatic carbocycles. The molecule has 9 aromatic rings. The van der Waals surface area contributed by atoms with Crippen LogP contribution in [-0.2, 0) is 10.8 Å². The highest BCUT2D eigenvalue weighted by Gasteiger charge is 2.20. The number of hydrogen-bond acceptors (Lipinski definition) is 1. The molecule has 0 saturated heterocycles. The summed E-state index contributed by atoms with van der Waals surface area (Å²) in [5.74, 6) is 0. The Hall–Kier alpha value is -4.53. The van der Waals surface area contributed by atoms with Crippen LogP contribution in [-0.4, -0.2) is 4.98 Å². The van der Waals surface area contributed by atoms with Gasteiger partial charge in [0.05, 0.1) is 0 Å². The zero-order valence-electron chi connectivity index (χ0n) is 27.7. The number of aromatic nitrogens is 1. The van der Waals surface area contributed by atoms with E-state index in [-0.39, 0.29) is 10.8 Å². The number of halogens is 1. The Morgan fingerprint density at radius 3 is 0.915 bits per heavy atom. The van der Waals surface area contributed by atoms with Gasteiger partial charge in [0.15, 0.2) is 0 Å². The van der Waals surface area contributed by atoms with Crippen LogP contribution in [0.5, 0.6) is 0 Å². The van der Waals surface area contributed by atoms with Gasteiger partial charge in [-0.2, -0.15) is 0 Å². The van der Waals surface area contributed by atoms with Crippen molar-refractivity contribution in [3.05, 3.63) is 125 Å². The van der Waals surface area contributed by atoms with Crippen LogP contribution in [0.4, 0.5) is 0 Å². The minimum Gasteiger partial charge on any atom is -0.263 e. The Balaban J connectivity index is 1.19. The lowest BCUT2D eigenvalue weighted by molar-refractivity contribution is 0.591. The van der Waals surface area contributed by atoms with Gasteiger partial charge in [-0.05, 0) is 138 Å². The van der Waals surface area contributed by atoms with E-state index in [1.54, 1.807) is 0 Å². The fourth-order valence-corrected chi connectivity index (χ4v) is 8.36. The molecule has 8 aromatic carbocycles. The fourth-order valence-electron chi connectivity index (χ4n) is 7.70. The number of hydrogen-bond donors (Lipinski definition) is 0. The quantitative estimate of drug-likeness (QED) is 0.167. The SMILES string of the molecule is CC(C)(C)c1cc2ccc3cc(-c4cncc(-c5cc6ccc7cc(C(C)(C)C)cc8ccc(c5)c6c78)c4Br)cc4ccc(c1)c2c34. The summed E-state index contributed by atoms with van der Waals surface area (Å²) in [5.41, 5.74) is 7.49. The van der Waals surface area contributed by atoms with Gasteiger partial charge in [0.2, 0.25) is 0 Å². The minimum atomic E-state index is 0.105. The first-order chi connectivity index (χ1) is 22.4. The van der Waals surface area contributed by atoms with E-state index < -0.39 is 0 Å². The first kappa shape index (κ1) is 28.7. The van der Waals surface area contributed by atoms with Crippen molar-refractivity contribution in [2.45, 2.75) is 52.4 Å². The molecule has 0 radical (unpaired) electrons. The van der Waals surface area contributed by atoms with E-state index in [1.165, 1.54) is 86.9 Å². The molecule has 0 fully saturated rings. The first-order valence-electron chi connectivity index (χ1n) is 16.5. The molecule has 1 aromatic heterocycles. The summed E-state index contributed by atoms with van der Waals surface area (Å²) in [4.78, 5) is 4.79. The molecule has 1 nitrogen and oxygen atoms in total. The van der Waals surface area contributed by atoms with E-state index >= 15 is 0 Å². The molecule has 0 unspecified atom stereocenters. The highest BCUT2D eigenvalue weighted by atomic mass is 79.9. The van der Waals surface area contributed by atoms with Crippen LogP contribution >= 0.6 is 15.9 Å². The molecule has 9 rings (SSSR count). The van der Waals surface area contributed by atoms with Gasteiger partial charge in [0, 0.05) is 28.0 Å². The van der Waals surface area contributed by atoms with Crippen molar-refractivity contribution in [3.63, 3.8) is 0 Å². The molecule has 0 aliphatic heterocycles. The van der Waals surface area contributed by atoms with Gasteiger partial charge >= 0.3 is 0 Å². The Kier molecular flexibility index (Phi) is 5.95. The monoisotopic (exact) mass is 669 g/mol. The summed E-state index contributed by atoms with van der Waals surface area (Å²) in [7, 11) is 0. The Labute approximate surface area is 284 Å². The third-order valence-corrected chi connectivity index (χ3v) is 11.2. The van der Waals surface area contributed by atoms with Crippen molar-refractivity contribution in [1.82, 2.24) is 4.98 Å². The summed E-state index contributed by atoms with van der Waals surface area (Å²) in [6, 6.07) is 37.1. The average molecular weight is 671 g/mol. The second-order valence-electron chi connectivity index (χ2n) is 15.5. The highest BCUT2D eigenvalue weighted by molar-refractivity contribution is 9.10. The molecule has 228 valence electrons. The summed E-state index contributed by atoms with van der Waals surface area (Å²) in [6.45, 7) is 13.7. The summed E-state index contributed by atoms with van der Waals surface area (Å²) < 4.78 is 1.07. The third kappa shape index (κ3) is 4.38. The van der Waals surface area contributed by atoms with Crippen molar-refractivity contribution < 1.29 is 0 Å². The number of rotatable bonds is 2. The zero-order chi connectivity index (χ0) is 32.4. The van der Waals surface area contributed by atoms with Crippen LogP contribution in [0.25, 0.3) is 86.9 Å². The normalized spacial score (nSPS) is 13.0. The minimum absolute atomic E-state index is 0.105. The standard InChI is InChI=1S/C45H36BrN/c1-44(2,3)35-19-29-11-7-25-15-33(16-26-8-12-30(20-35)41(29)39(25)26)37-23-47-24-38(43(37)46)34-17-27-9-13-31-21-36(45(4,5)6)22-32-14-10-28(18-34)40(27)42(31)32/h7-24H,1-6H3. The predicted molar refractivity (Wildman–Crippen MR) is 208 cm³/mol. The molecule has 0 aliphatic rings. The van der Waals surface area contributed by atoms with Crippen molar-refractivity contribution in [1.29, 1.82) is 0 Å². The molecular formula is C45H36BrN. The third-order valence-electron chi connectivity index (χ3n) is 10.3. The summed E-state index contributed by atoms with van der Waals surface area (Å²) in [5, 5.41) is 15.7. The van der Waals surface area contributed by atoms with Crippen LogP contribution in [0, 0.1) is 0 Å². The molecule has 0 amide bonds. The predicted octanol–water partition coefficient (Wildman–Crippen LogP) is 13.6. The van der Waals surface area contributed by atoms with Crippen LogP contribution in [0.1, 0.15) is 52.7 Å². The van der Waals surface area contributed by atoms with Crippen molar-refractivity contribution in [3.8, 4) is 22.3 Å². The van der Waals surface area contributed by atoms with E-state index in [2.05, 4.69) is 155 Å². The molecule has 0 atom stereocenters. The van der Waals surface area contributed by atoms with Gasteiger partial charge in [0.25, 0.3) is 0 Å². The number of nitrogens with zero attached hydrogens (tertiary/aromatic N) is 1. The summed E-state index contributed by atoms with van der Waals surface area (Å²) >= 11 is 4.06. The maximum Gasteiger partial charge on any atom is 0.0363 e. The lowest BCUT2D eigenvalue weighted by atomic mass is 9.83. The topological polar surface area (TPSA) is 12.9 Å². The van der Waals surface area contributed by atoms with Crippen LogP contribution in [0.3, 0.4) is 0 Å². The van der Waals surface area contributed by atoms with Gasteiger partial charge in [-0.3, -0.25) is 4.98 Å². The lowest BCUT2D eigenvalue weighted by Crippen LogP contribution is -2.10. The van der Waals surface area contributed by atoms with E-state index in [0.717, 1.165) is 15.6 Å². The molecule has 1 heterocycles. The first-order valence-corrected chi connectivity index (χ1v) is 17.3. The van der Waals surface area contributed by atoms with Gasteiger partial charge in [-0.1, -0.05) is 114 Å². The lowest BCUT2D eigenvalue weighted by Gasteiger charge is -2.22. The second-order valence-corrected chi connectivity index (χ2v) is 16.3. The number of benzene rings is 8. The van der Waals surface area contributed by atoms with E-state index in [9.17, 15) is 0 Å². The maximum atomic E-state index is 4.79. The van der Waals surface area contributed by atoms with Gasteiger partial charge in [-0.25, -0.2) is 0 Å². The molecule has 0 bridgehead atoms. The molecule has 0 saturated carbocycles. The average Bonchev–Trinajstić information content (AvgIpc) is 3.04. The Morgan fingerprint density at radius 2 is 0.660 bits per heavy atom. The van der Waals surface area contributed by atoms with Crippen LogP contribution in [0.15, 0.2) is 114 Å². The van der Waals surface area contributed by atoms with Crippen molar-refractivity contribution >= 4 is 80.6 Å². The van der Waals surface area contributed by atoms with Gasteiger partial charge in [0.1, 0.15) is 0 Å². The maximum absolute atomic E-state index is 4.79. The zero-order valence-corrected chi connectivity index (χ0v) is 29.3. The van der Waals surface area contributed by atoms with Crippen molar-refractivity contribution in [2.24, 2.45) is 0 Å². The summed E-state index contributed by atoms with van der Waals surface area (Å²) in [6.07, 6.45) is 3.99. The molecule has 2 heteroatoms. The Bertz CT molecular complexity index is 2380. The van der Waals surface area contributed by atoms with E-state index in [0.29, 0.717) is 0 Å². The van der Waals surface area contributed by atoms with E-state index in [4.69, 9.17) is 4.98 Å².